The summed E-state index contributed by atoms with van der Waals surface area (Å²) in [7, 11) is 0. The van der Waals surface area contributed by atoms with Crippen LogP contribution in [0.5, 0.6) is 11.5 Å². The molecule has 0 spiro atoms. The van der Waals surface area contributed by atoms with Crippen molar-refractivity contribution in [2.24, 2.45) is 5.92 Å². The van der Waals surface area contributed by atoms with Crippen LogP contribution in [0.25, 0.3) is 11.3 Å². The predicted octanol–water partition coefficient (Wildman–Crippen LogP) is 4.52. The quantitative estimate of drug-likeness (QED) is 0.700. The number of hydrogen-bond acceptors (Lipinski definition) is 4. The first-order valence-corrected chi connectivity index (χ1v) is 8.78. The molecule has 4 rings (SSSR count). The second kappa shape index (κ2) is 6.78. The molecule has 27 heavy (non-hydrogen) atoms. The number of carbonyl (C=O) groups is 1. The zero-order chi connectivity index (χ0) is 19.0. The van der Waals surface area contributed by atoms with Crippen LogP contribution in [0.15, 0.2) is 42.6 Å². The van der Waals surface area contributed by atoms with Crippen LogP contribution in [0.2, 0.25) is 5.02 Å². The Balaban J connectivity index is 1.65. The lowest BCUT2D eigenvalue weighted by molar-refractivity contribution is -0.119. The molecule has 134 valence electrons. The number of carbonyl (C=O) groups excluding carboxylic acids is 1. The normalized spacial score (nSPS) is 15.6. The van der Waals surface area contributed by atoms with E-state index in [1.165, 1.54) is 0 Å². The van der Waals surface area contributed by atoms with Gasteiger partial charge in [0.1, 0.15) is 17.5 Å². The first kappa shape index (κ1) is 17.1. The summed E-state index contributed by atoms with van der Waals surface area (Å²) in [5, 5.41) is 19.3. The van der Waals surface area contributed by atoms with Crippen molar-refractivity contribution in [2.75, 3.05) is 5.32 Å². The van der Waals surface area contributed by atoms with Crippen LogP contribution in [-0.2, 0) is 11.2 Å². The van der Waals surface area contributed by atoms with Crippen molar-refractivity contribution in [3.63, 3.8) is 0 Å². The highest BCUT2D eigenvalue weighted by Crippen LogP contribution is 2.36. The second-order valence-electron chi connectivity index (χ2n) is 6.43. The maximum atomic E-state index is 11.8. The molecule has 0 saturated heterocycles. The van der Waals surface area contributed by atoms with Crippen molar-refractivity contribution in [1.29, 1.82) is 5.26 Å². The number of H-pyrrole nitrogens is 1. The number of aromatic amines is 1. The molecule has 2 aromatic carbocycles. The first-order valence-electron chi connectivity index (χ1n) is 8.40. The van der Waals surface area contributed by atoms with E-state index in [9.17, 15) is 4.79 Å². The summed E-state index contributed by atoms with van der Waals surface area (Å²) in [6.45, 7) is 1.91. The lowest BCUT2D eigenvalue weighted by atomic mass is 9.93. The third-order valence-corrected chi connectivity index (χ3v) is 4.83. The molecule has 3 aromatic rings. The molecule has 1 atom stereocenters. The Morgan fingerprint density at radius 1 is 1.30 bits per heavy atom. The fourth-order valence-corrected chi connectivity index (χ4v) is 3.27. The van der Waals surface area contributed by atoms with Crippen molar-refractivity contribution in [3.8, 4) is 28.8 Å². The summed E-state index contributed by atoms with van der Waals surface area (Å²) >= 11 is 6.07. The summed E-state index contributed by atoms with van der Waals surface area (Å²) in [5.74, 6) is 1.04. The number of halogens is 1. The van der Waals surface area contributed by atoms with Gasteiger partial charge in [-0.3, -0.25) is 9.89 Å². The molecule has 6 nitrogen and oxygen atoms in total. The Hall–Kier alpha value is -3.30. The maximum absolute atomic E-state index is 11.8. The van der Waals surface area contributed by atoms with Crippen molar-refractivity contribution >= 4 is 23.2 Å². The molecule has 1 aliphatic rings. The minimum Gasteiger partial charge on any atom is -0.453 e. The molecule has 1 amide bonds. The van der Waals surface area contributed by atoms with Gasteiger partial charge in [-0.1, -0.05) is 24.6 Å². The van der Waals surface area contributed by atoms with E-state index < -0.39 is 0 Å². The smallest absolute Gasteiger partial charge is 0.227 e. The summed E-state index contributed by atoms with van der Waals surface area (Å²) in [5.41, 5.74) is 3.93. The van der Waals surface area contributed by atoms with Crippen LogP contribution >= 0.6 is 11.6 Å². The van der Waals surface area contributed by atoms with E-state index >= 15 is 0 Å². The Kier molecular flexibility index (Phi) is 4.30. The second-order valence-corrected chi connectivity index (χ2v) is 6.84. The number of aromatic nitrogens is 2. The molecular formula is C20H15ClN4O2. The van der Waals surface area contributed by atoms with E-state index in [0.717, 1.165) is 22.5 Å². The van der Waals surface area contributed by atoms with Gasteiger partial charge in [-0.2, -0.15) is 10.4 Å². The van der Waals surface area contributed by atoms with Crippen LogP contribution in [0.4, 0.5) is 5.69 Å². The lowest BCUT2D eigenvalue weighted by Gasteiger charge is -2.22. The highest BCUT2D eigenvalue weighted by Gasteiger charge is 2.23. The van der Waals surface area contributed by atoms with Gasteiger partial charge in [0.2, 0.25) is 5.91 Å². The highest BCUT2D eigenvalue weighted by atomic mass is 35.5. The molecule has 0 radical (unpaired) electrons. The number of fused-ring (bicyclic) bond motifs is 1. The van der Waals surface area contributed by atoms with Gasteiger partial charge in [-0.15, -0.1) is 0 Å². The van der Waals surface area contributed by atoms with E-state index in [-0.39, 0.29) is 11.8 Å². The van der Waals surface area contributed by atoms with E-state index in [4.69, 9.17) is 21.6 Å². The number of rotatable bonds is 3. The fraction of sp³-hybridized carbons (Fsp3) is 0.150. The van der Waals surface area contributed by atoms with E-state index in [0.29, 0.717) is 28.5 Å². The standard InChI is InChI=1S/C20H15ClN4O2/c1-11-6-14-7-12(3-5-17(14)24-20(11)26)19-18(10-23-25-19)27-15-4-2-13(9-22)16(21)8-15/h2-5,7-8,10-11H,6H2,1H3,(H,23,25)(H,24,26). The predicted molar refractivity (Wildman–Crippen MR) is 102 cm³/mol. The Labute approximate surface area is 160 Å². The van der Waals surface area contributed by atoms with E-state index in [1.54, 1.807) is 24.4 Å². The largest absolute Gasteiger partial charge is 0.453 e. The number of anilines is 1. The average molecular weight is 379 g/mol. The monoisotopic (exact) mass is 378 g/mol. The van der Waals surface area contributed by atoms with E-state index in [2.05, 4.69) is 15.5 Å². The SMILES string of the molecule is CC1Cc2cc(-c3[nH]ncc3Oc3ccc(C#N)c(Cl)c3)ccc2NC1=O. The third-order valence-electron chi connectivity index (χ3n) is 4.52. The molecule has 1 aromatic heterocycles. The summed E-state index contributed by atoms with van der Waals surface area (Å²) in [4.78, 5) is 11.8. The van der Waals surface area contributed by atoms with Crippen molar-refractivity contribution in [3.05, 3.63) is 58.7 Å². The number of hydrogen-bond donors (Lipinski definition) is 2. The van der Waals surface area contributed by atoms with Gasteiger partial charge in [-0.05, 0) is 36.2 Å². The average Bonchev–Trinajstić information content (AvgIpc) is 3.10. The molecule has 0 bridgehead atoms. The van der Waals surface area contributed by atoms with Gasteiger partial charge in [0.05, 0.1) is 16.8 Å². The van der Waals surface area contributed by atoms with Gasteiger partial charge in [-0.25, -0.2) is 0 Å². The molecule has 2 heterocycles. The molecule has 0 aliphatic carbocycles. The van der Waals surface area contributed by atoms with Crippen LogP contribution in [-0.4, -0.2) is 16.1 Å². The van der Waals surface area contributed by atoms with Crippen LogP contribution < -0.4 is 10.1 Å². The Morgan fingerprint density at radius 2 is 2.15 bits per heavy atom. The van der Waals surface area contributed by atoms with Gasteiger partial charge >= 0.3 is 0 Å². The van der Waals surface area contributed by atoms with Crippen molar-refractivity contribution < 1.29 is 9.53 Å². The van der Waals surface area contributed by atoms with Crippen molar-refractivity contribution in [2.45, 2.75) is 13.3 Å². The molecule has 7 heteroatoms. The topological polar surface area (TPSA) is 90.8 Å². The Bertz CT molecular complexity index is 1080. The number of nitrogens with zero attached hydrogens (tertiary/aromatic N) is 2. The zero-order valence-electron chi connectivity index (χ0n) is 14.4. The van der Waals surface area contributed by atoms with Gasteiger partial charge in [0.25, 0.3) is 0 Å². The van der Waals surface area contributed by atoms with Crippen molar-refractivity contribution in [1.82, 2.24) is 10.2 Å². The van der Waals surface area contributed by atoms with Gasteiger partial charge < -0.3 is 10.1 Å². The summed E-state index contributed by atoms with van der Waals surface area (Å²) in [6.07, 6.45) is 2.27. The number of benzene rings is 2. The highest BCUT2D eigenvalue weighted by molar-refractivity contribution is 6.31. The maximum Gasteiger partial charge on any atom is 0.227 e. The minimum absolute atomic E-state index is 0.0403. The molecule has 1 aliphatic heterocycles. The summed E-state index contributed by atoms with van der Waals surface area (Å²) < 4.78 is 5.91. The van der Waals surface area contributed by atoms with Crippen LogP contribution in [0.3, 0.4) is 0 Å². The van der Waals surface area contributed by atoms with E-state index in [1.807, 2.05) is 31.2 Å². The number of ether oxygens (including phenoxy) is 1. The first-order chi connectivity index (χ1) is 13.0. The fourth-order valence-electron chi connectivity index (χ4n) is 3.05. The molecule has 1 unspecified atom stereocenters. The van der Waals surface area contributed by atoms with Gasteiger partial charge in [0.15, 0.2) is 5.75 Å². The Morgan fingerprint density at radius 3 is 2.93 bits per heavy atom. The summed E-state index contributed by atoms with van der Waals surface area (Å²) in [6, 6.07) is 12.7. The molecule has 2 N–H and O–H groups in total. The number of nitrogens with one attached hydrogen (secondary N) is 2. The van der Waals surface area contributed by atoms with Crippen LogP contribution in [0, 0.1) is 17.2 Å². The third kappa shape index (κ3) is 3.25. The van der Waals surface area contributed by atoms with Crippen LogP contribution in [0.1, 0.15) is 18.1 Å². The zero-order valence-corrected chi connectivity index (χ0v) is 15.2. The lowest BCUT2D eigenvalue weighted by Crippen LogP contribution is -2.27. The molecular weight excluding hydrogens is 364 g/mol. The molecule has 0 fully saturated rings. The molecule has 0 saturated carbocycles. The minimum atomic E-state index is -0.0639. The number of nitriles is 1. The number of amides is 1. The van der Waals surface area contributed by atoms with Gasteiger partial charge in [0, 0.05) is 23.2 Å².